The van der Waals surface area contributed by atoms with Gasteiger partial charge in [0.15, 0.2) is 0 Å². The van der Waals surface area contributed by atoms with E-state index in [1.807, 2.05) is 0 Å². The number of hydrogen-bond acceptors (Lipinski definition) is 5. The van der Waals surface area contributed by atoms with Crippen LogP contribution in [0.3, 0.4) is 0 Å². The van der Waals surface area contributed by atoms with Crippen LogP contribution in [-0.4, -0.2) is 23.0 Å². The zero-order chi connectivity index (χ0) is 14.6. The molecular formula is C13H18N2O4. The predicted octanol–water partition coefficient (Wildman–Crippen LogP) is 2.66. The minimum Gasteiger partial charge on any atom is -0.459 e. The maximum Gasteiger partial charge on any atom is 0.325 e. The van der Waals surface area contributed by atoms with Gasteiger partial charge in [0.1, 0.15) is 17.8 Å². The molecule has 0 heterocycles. The molecule has 1 rings (SSSR count). The zero-order valence-electron chi connectivity index (χ0n) is 11.5. The zero-order valence-corrected chi connectivity index (χ0v) is 11.5. The summed E-state index contributed by atoms with van der Waals surface area (Å²) < 4.78 is 5.11. The number of carbonyl (C=O) groups excluding carboxylic acids is 1. The molecule has 0 fully saturated rings. The second-order valence-electron chi connectivity index (χ2n) is 5.22. The van der Waals surface area contributed by atoms with Crippen molar-refractivity contribution in [3.8, 4) is 0 Å². The van der Waals surface area contributed by atoms with Gasteiger partial charge in [0.25, 0.3) is 5.69 Å². The summed E-state index contributed by atoms with van der Waals surface area (Å²) in [7, 11) is 0. The summed E-state index contributed by atoms with van der Waals surface area (Å²) in [5.74, 6) is -0.456. The number of nitro groups is 1. The first-order chi connectivity index (χ1) is 8.69. The van der Waals surface area contributed by atoms with E-state index in [9.17, 15) is 14.9 Å². The van der Waals surface area contributed by atoms with Gasteiger partial charge in [-0.05, 0) is 39.3 Å². The summed E-state index contributed by atoms with van der Waals surface area (Å²) in [4.78, 5) is 21.9. The molecule has 0 bridgehead atoms. The molecule has 1 aromatic rings. The topological polar surface area (TPSA) is 81.5 Å². The van der Waals surface area contributed by atoms with Gasteiger partial charge in [0.2, 0.25) is 0 Å². The molecule has 0 amide bonds. The highest BCUT2D eigenvalue weighted by Crippen LogP contribution is 2.25. The van der Waals surface area contributed by atoms with Crippen molar-refractivity contribution in [1.82, 2.24) is 0 Å². The first kappa shape index (κ1) is 14.9. The molecule has 0 spiro atoms. The first-order valence-corrected chi connectivity index (χ1v) is 5.90. The van der Waals surface area contributed by atoms with Gasteiger partial charge in [0.05, 0.1) is 4.92 Å². The molecule has 19 heavy (non-hydrogen) atoms. The molecule has 0 unspecified atom stereocenters. The van der Waals surface area contributed by atoms with Gasteiger partial charge in [-0.25, -0.2) is 0 Å². The lowest BCUT2D eigenvalue weighted by Gasteiger charge is -2.19. The van der Waals surface area contributed by atoms with E-state index in [-0.39, 0.29) is 12.2 Å². The molecule has 0 aliphatic heterocycles. The first-order valence-electron chi connectivity index (χ1n) is 5.90. The van der Waals surface area contributed by atoms with E-state index in [0.29, 0.717) is 5.69 Å². The maximum absolute atomic E-state index is 11.5. The summed E-state index contributed by atoms with van der Waals surface area (Å²) in [6.07, 6.45) is 0. The summed E-state index contributed by atoms with van der Waals surface area (Å²) in [6, 6.07) is 4.78. The van der Waals surface area contributed by atoms with Crippen molar-refractivity contribution in [3.05, 3.63) is 33.9 Å². The fraction of sp³-hybridized carbons (Fsp3) is 0.462. The standard InChI is InChI=1S/C13H18N2O4/c1-9-5-6-10(11(7-9)15(17)18)14-8-12(16)19-13(2,3)4/h5-7,14H,8H2,1-4H3. The Balaban J connectivity index is 2.73. The third kappa shape index (κ3) is 4.95. The number of benzene rings is 1. The van der Waals surface area contributed by atoms with Gasteiger partial charge in [-0.1, -0.05) is 6.07 Å². The number of nitrogens with zero attached hydrogens (tertiary/aromatic N) is 1. The average Bonchev–Trinajstić information content (AvgIpc) is 2.24. The van der Waals surface area contributed by atoms with E-state index in [1.165, 1.54) is 6.07 Å². The van der Waals surface area contributed by atoms with Crippen LogP contribution in [0.25, 0.3) is 0 Å². The van der Waals surface area contributed by atoms with Crippen molar-refractivity contribution in [1.29, 1.82) is 0 Å². The molecule has 1 N–H and O–H groups in total. The minimum atomic E-state index is -0.571. The normalized spacial score (nSPS) is 10.9. The number of hydrogen-bond donors (Lipinski definition) is 1. The third-order valence-corrected chi connectivity index (χ3v) is 2.19. The number of carbonyl (C=O) groups is 1. The van der Waals surface area contributed by atoms with Gasteiger partial charge in [-0.2, -0.15) is 0 Å². The van der Waals surface area contributed by atoms with Crippen molar-refractivity contribution in [2.24, 2.45) is 0 Å². The Morgan fingerprint density at radius 1 is 1.42 bits per heavy atom. The van der Waals surface area contributed by atoms with Gasteiger partial charge in [-0.15, -0.1) is 0 Å². The number of esters is 1. The summed E-state index contributed by atoms with van der Waals surface area (Å²) in [5.41, 5.74) is 0.470. The third-order valence-electron chi connectivity index (χ3n) is 2.19. The minimum absolute atomic E-state index is 0.0523. The Bertz CT molecular complexity index is 492. The van der Waals surface area contributed by atoms with Crippen LogP contribution in [0, 0.1) is 17.0 Å². The molecule has 0 atom stereocenters. The van der Waals surface area contributed by atoms with E-state index >= 15 is 0 Å². The fourth-order valence-electron chi connectivity index (χ4n) is 1.49. The maximum atomic E-state index is 11.5. The average molecular weight is 266 g/mol. The van der Waals surface area contributed by atoms with E-state index in [2.05, 4.69) is 5.32 Å². The molecule has 6 heteroatoms. The van der Waals surface area contributed by atoms with Crippen molar-refractivity contribution >= 4 is 17.3 Å². The highest BCUT2D eigenvalue weighted by atomic mass is 16.6. The predicted molar refractivity (Wildman–Crippen MR) is 72.2 cm³/mol. The van der Waals surface area contributed by atoms with Crippen LogP contribution in [-0.2, 0) is 9.53 Å². The number of rotatable bonds is 4. The van der Waals surface area contributed by atoms with E-state index in [0.717, 1.165) is 5.56 Å². The second-order valence-corrected chi connectivity index (χ2v) is 5.22. The lowest BCUT2D eigenvalue weighted by atomic mass is 10.2. The van der Waals surface area contributed by atoms with Crippen LogP contribution in [0.2, 0.25) is 0 Å². The van der Waals surface area contributed by atoms with E-state index < -0.39 is 16.5 Å². The molecule has 0 saturated carbocycles. The Kier molecular flexibility index (Phi) is 4.47. The molecule has 6 nitrogen and oxygen atoms in total. The van der Waals surface area contributed by atoms with Crippen LogP contribution < -0.4 is 5.32 Å². The lowest BCUT2D eigenvalue weighted by molar-refractivity contribution is -0.384. The van der Waals surface area contributed by atoms with Gasteiger partial charge >= 0.3 is 5.97 Å². The second kappa shape index (κ2) is 5.69. The Hall–Kier alpha value is -2.11. The summed E-state index contributed by atoms with van der Waals surface area (Å²) in [5, 5.41) is 13.6. The largest absolute Gasteiger partial charge is 0.459 e. The van der Waals surface area contributed by atoms with Gasteiger partial charge in [0, 0.05) is 6.07 Å². The summed E-state index contributed by atoms with van der Waals surface area (Å²) in [6.45, 7) is 6.95. The SMILES string of the molecule is Cc1ccc(NCC(=O)OC(C)(C)C)c([N+](=O)[O-])c1. The molecule has 0 aromatic heterocycles. The highest BCUT2D eigenvalue weighted by molar-refractivity contribution is 5.77. The Morgan fingerprint density at radius 3 is 2.58 bits per heavy atom. The number of aryl methyl sites for hydroxylation is 1. The van der Waals surface area contributed by atoms with Crippen molar-refractivity contribution in [3.63, 3.8) is 0 Å². The van der Waals surface area contributed by atoms with Crippen LogP contribution in [0.4, 0.5) is 11.4 Å². The van der Waals surface area contributed by atoms with Crippen molar-refractivity contribution in [2.45, 2.75) is 33.3 Å². The Morgan fingerprint density at radius 2 is 2.05 bits per heavy atom. The quantitative estimate of drug-likeness (QED) is 0.514. The summed E-state index contributed by atoms with van der Waals surface area (Å²) >= 11 is 0. The van der Waals surface area contributed by atoms with E-state index in [4.69, 9.17) is 4.74 Å². The monoisotopic (exact) mass is 266 g/mol. The Labute approximate surface area is 111 Å². The number of ether oxygens (including phenoxy) is 1. The van der Waals surface area contributed by atoms with Crippen LogP contribution in [0.15, 0.2) is 18.2 Å². The smallest absolute Gasteiger partial charge is 0.325 e. The van der Waals surface area contributed by atoms with Gasteiger partial charge in [-0.3, -0.25) is 14.9 Å². The molecule has 104 valence electrons. The molecular weight excluding hydrogens is 248 g/mol. The van der Waals surface area contributed by atoms with Crippen molar-refractivity contribution in [2.75, 3.05) is 11.9 Å². The van der Waals surface area contributed by atoms with Crippen molar-refractivity contribution < 1.29 is 14.5 Å². The fourth-order valence-corrected chi connectivity index (χ4v) is 1.49. The number of nitrogens with one attached hydrogen (secondary N) is 1. The van der Waals surface area contributed by atoms with E-state index in [1.54, 1.807) is 39.8 Å². The van der Waals surface area contributed by atoms with Crippen LogP contribution in [0.1, 0.15) is 26.3 Å². The number of nitro benzene ring substituents is 1. The highest BCUT2D eigenvalue weighted by Gasteiger charge is 2.18. The molecule has 0 aliphatic carbocycles. The lowest BCUT2D eigenvalue weighted by Crippen LogP contribution is -2.28. The number of anilines is 1. The van der Waals surface area contributed by atoms with Crippen LogP contribution >= 0.6 is 0 Å². The molecule has 0 radical (unpaired) electrons. The molecule has 0 saturated heterocycles. The molecule has 0 aliphatic rings. The molecule has 1 aromatic carbocycles. The van der Waals surface area contributed by atoms with Crippen LogP contribution in [0.5, 0.6) is 0 Å². The van der Waals surface area contributed by atoms with Gasteiger partial charge < -0.3 is 10.1 Å².